The lowest BCUT2D eigenvalue weighted by atomic mass is 9.99. The molecule has 80 valence electrons. The maximum absolute atomic E-state index is 13.5. The highest BCUT2D eigenvalue weighted by Gasteiger charge is 2.20. The van der Waals surface area contributed by atoms with E-state index < -0.39 is 11.7 Å². The first-order valence-electron chi connectivity index (χ1n) is 4.45. The topological polar surface area (TPSA) is 33.0 Å². The molecule has 0 saturated heterocycles. The van der Waals surface area contributed by atoms with Crippen LogP contribution in [0.25, 0.3) is 0 Å². The number of rotatable bonds is 2. The molecule has 0 radical (unpaired) electrons. The van der Waals surface area contributed by atoms with Gasteiger partial charge in [-0.3, -0.25) is 0 Å². The molecule has 1 aromatic carbocycles. The number of aryl methyl sites for hydroxylation is 1. The molecular formula is C11H11BrFNO. The second-order valence-corrected chi connectivity index (χ2v) is 4.08. The number of hydrogen-bond acceptors (Lipinski definition) is 2. The van der Waals surface area contributed by atoms with Gasteiger partial charge in [-0.2, -0.15) is 5.26 Å². The quantitative estimate of drug-likeness (QED) is 0.825. The van der Waals surface area contributed by atoms with Gasteiger partial charge in [0, 0.05) is 10.0 Å². The van der Waals surface area contributed by atoms with Crippen molar-refractivity contribution in [2.24, 2.45) is 0 Å². The van der Waals surface area contributed by atoms with E-state index in [0.717, 1.165) is 10.0 Å². The molecule has 1 atom stereocenters. The molecular weight excluding hydrogens is 261 g/mol. The van der Waals surface area contributed by atoms with Crippen molar-refractivity contribution in [1.29, 1.82) is 5.26 Å². The molecule has 0 amide bonds. The van der Waals surface area contributed by atoms with E-state index in [1.54, 1.807) is 13.8 Å². The molecule has 1 aromatic rings. The van der Waals surface area contributed by atoms with Gasteiger partial charge < -0.3 is 4.74 Å². The average molecular weight is 272 g/mol. The Kier molecular flexibility index (Phi) is 3.70. The van der Waals surface area contributed by atoms with Gasteiger partial charge in [-0.1, -0.05) is 15.9 Å². The maximum Gasteiger partial charge on any atom is 0.165 e. The largest absolute Gasteiger partial charge is 0.493 e. The van der Waals surface area contributed by atoms with Gasteiger partial charge in [0.15, 0.2) is 11.6 Å². The van der Waals surface area contributed by atoms with E-state index >= 15 is 0 Å². The van der Waals surface area contributed by atoms with Gasteiger partial charge in [-0.05, 0) is 25.5 Å². The van der Waals surface area contributed by atoms with E-state index in [1.807, 2.05) is 0 Å². The predicted octanol–water partition coefficient (Wildman–Crippen LogP) is 3.53. The Morgan fingerprint density at radius 3 is 2.67 bits per heavy atom. The fourth-order valence-corrected chi connectivity index (χ4v) is 2.06. The third kappa shape index (κ3) is 2.13. The summed E-state index contributed by atoms with van der Waals surface area (Å²) in [5.74, 6) is -0.708. The number of ether oxygens (including phenoxy) is 1. The highest BCUT2D eigenvalue weighted by atomic mass is 79.9. The molecule has 0 aliphatic rings. The summed E-state index contributed by atoms with van der Waals surface area (Å²) in [7, 11) is 1.40. The summed E-state index contributed by atoms with van der Waals surface area (Å²) >= 11 is 3.35. The van der Waals surface area contributed by atoms with Crippen LogP contribution in [0.2, 0.25) is 0 Å². The molecule has 2 nitrogen and oxygen atoms in total. The Balaban J connectivity index is 3.52. The summed E-state index contributed by atoms with van der Waals surface area (Å²) in [6.07, 6.45) is 0. The number of benzene rings is 1. The molecule has 0 bridgehead atoms. The number of hydrogen-bond donors (Lipinski definition) is 0. The van der Waals surface area contributed by atoms with Gasteiger partial charge in [-0.25, -0.2) is 4.39 Å². The van der Waals surface area contributed by atoms with Crippen LogP contribution < -0.4 is 4.74 Å². The van der Waals surface area contributed by atoms with Gasteiger partial charge >= 0.3 is 0 Å². The summed E-state index contributed by atoms with van der Waals surface area (Å²) in [6, 6.07) is 3.46. The molecule has 1 rings (SSSR count). The van der Waals surface area contributed by atoms with Crippen LogP contribution in [-0.4, -0.2) is 7.11 Å². The lowest BCUT2D eigenvalue weighted by Crippen LogP contribution is -2.01. The molecule has 0 saturated carbocycles. The van der Waals surface area contributed by atoms with Crippen molar-refractivity contribution in [3.05, 3.63) is 27.5 Å². The van der Waals surface area contributed by atoms with E-state index in [-0.39, 0.29) is 5.75 Å². The number of nitrogens with zero attached hydrogens (tertiary/aromatic N) is 1. The van der Waals surface area contributed by atoms with Crippen LogP contribution >= 0.6 is 15.9 Å². The molecule has 0 N–H and O–H groups in total. The Hall–Kier alpha value is -1.08. The normalized spacial score (nSPS) is 12.0. The van der Waals surface area contributed by atoms with Gasteiger partial charge in [0.1, 0.15) is 0 Å². The predicted molar refractivity (Wildman–Crippen MR) is 59.4 cm³/mol. The van der Waals surface area contributed by atoms with Crippen LogP contribution in [0.3, 0.4) is 0 Å². The van der Waals surface area contributed by atoms with E-state index in [1.165, 1.54) is 13.2 Å². The maximum atomic E-state index is 13.5. The van der Waals surface area contributed by atoms with E-state index in [0.29, 0.717) is 5.56 Å². The summed E-state index contributed by atoms with van der Waals surface area (Å²) in [5, 5.41) is 8.87. The molecule has 0 aromatic heterocycles. The Labute approximate surface area is 96.8 Å². The van der Waals surface area contributed by atoms with Crippen LogP contribution in [0.4, 0.5) is 4.39 Å². The minimum Gasteiger partial charge on any atom is -0.493 e. The van der Waals surface area contributed by atoms with Crippen LogP contribution in [-0.2, 0) is 0 Å². The SMILES string of the molecule is COc1c(F)cc(C)c(Br)c1C(C)C#N. The Bertz CT molecular complexity index is 426. The van der Waals surface area contributed by atoms with Crippen LogP contribution in [0.5, 0.6) is 5.75 Å². The van der Waals surface area contributed by atoms with E-state index in [4.69, 9.17) is 10.00 Å². The summed E-state index contributed by atoms with van der Waals surface area (Å²) in [4.78, 5) is 0. The minimum atomic E-state index is -0.435. The first-order chi connectivity index (χ1) is 7.02. The second kappa shape index (κ2) is 4.63. The molecule has 4 heteroatoms. The molecule has 15 heavy (non-hydrogen) atoms. The van der Waals surface area contributed by atoms with Crippen molar-refractivity contribution >= 4 is 15.9 Å². The molecule has 0 aliphatic heterocycles. The third-order valence-electron chi connectivity index (χ3n) is 2.22. The monoisotopic (exact) mass is 271 g/mol. The van der Waals surface area contributed by atoms with Crippen LogP contribution in [0.1, 0.15) is 24.0 Å². The zero-order valence-corrected chi connectivity index (χ0v) is 10.4. The van der Waals surface area contributed by atoms with Gasteiger partial charge in [-0.15, -0.1) is 0 Å². The first kappa shape index (κ1) is 12.0. The number of methoxy groups -OCH3 is 1. The molecule has 0 heterocycles. The zero-order chi connectivity index (χ0) is 11.6. The number of nitriles is 1. The van der Waals surface area contributed by atoms with Gasteiger partial charge in [0.05, 0.1) is 19.1 Å². The summed E-state index contributed by atoms with van der Waals surface area (Å²) in [5.41, 5.74) is 1.32. The summed E-state index contributed by atoms with van der Waals surface area (Å²) in [6.45, 7) is 3.49. The molecule has 0 aliphatic carbocycles. The minimum absolute atomic E-state index is 0.140. The standard InChI is InChI=1S/C11H11BrFNO/c1-6-4-8(13)11(15-3)9(10(6)12)7(2)5-14/h4,7H,1-3H3. The number of halogens is 2. The van der Waals surface area contributed by atoms with Crippen molar-refractivity contribution in [2.75, 3.05) is 7.11 Å². The van der Waals surface area contributed by atoms with Crippen molar-refractivity contribution in [3.8, 4) is 11.8 Å². The summed E-state index contributed by atoms with van der Waals surface area (Å²) < 4.78 is 19.2. The third-order valence-corrected chi connectivity index (χ3v) is 3.27. The van der Waals surface area contributed by atoms with Crippen molar-refractivity contribution in [2.45, 2.75) is 19.8 Å². The van der Waals surface area contributed by atoms with Crippen LogP contribution in [0.15, 0.2) is 10.5 Å². The van der Waals surface area contributed by atoms with Gasteiger partial charge in [0.2, 0.25) is 0 Å². The molecule has 0 spiro atoms. The smallest absolute Gasteiger partial charge is 0.165 e. The van der Waals surface area contributed by atoms with Crippen molar-refractivity contribution in [3.63, 3.8) is 0 Å². The highest BCUT2D eigenvalue weighted by molar-refractivity contribution is 9.10. The van der Waals surface area contributed by atoms with E-state index in [2.05, 4.69) is 22.0 Å². The zero-order valence-electron chi connectivity index (χ0n) is 8.77. The lowest BCUT2D eigenvalue weighted by molar-refractivity contribution is 0.380. The second-order valence-electron chi connectivity index (χ2n) is 3.29. The Morgan fingerprint density at radius 2 is 2.20 bits per heavy atom. The Morgan fingerprint density at radius 1 is 1.60 bits per heavy atom. The first-order valence-corrected chi connectivity index (χ1v) is 5.24. The highest BCUT2D eigenvalue weighted by Crippen LogP contribution is 2.37. The van der Waals surface area contributed by atoms with Gasteiger partial charge in [0.25, 0.3) is 0 Å². The molecule has 0 fully saturated rings. The van der Waals surface area contributed by atoms with Crippen molar-refractivity contribution in [1.82, 2.24) is 0 Å². The molecule has 1 unspecified atom stereocenters. The average Bonchev–Trinajstić information content (AvgIpc) is 2.21. The van der Waals surface area contributed by atoms with Crippen LogP contribution in [0, 0.1) is 24.1 Å². The fourth-order valence-electron chi connectivity index (χ4n) is 1.42. The fraction of sp³-hybridized carbons (Fsp3) is 0.364. The lowest BCUT2D eigenvalue weighted by Gasteiger charge is -2.14. The van der Waals surface area contributed by atoms with E-state index in [9.17, 15) is 4.39 Å². The van der Waals surface area contributed by atoms with Crippen molar-refractivity contribution < 1.29 is 9.13 Å².